The van der Waals surface area contributed by atoms with E-state index in [1.54, 1.807) is 13.8 Å². The van der Waals surface area contributed by atoms with E-state index in [2.05, 4.69) is 5.32 Å². The lowest BCUT2D eigenvalue weighted by atomic mass is 10.0. The number of nitrogens with two attached hydrogens (primary N) is 1. The molecule has 1 unspecified atom stereocenters. The van der Waals surface area contributed by atoms with Crippen LogP contribution in [0.25, 0.3) is 0 Å². The van der Waals surface area contributed by atoms with Crippen LogP contribution in [0.2, 0.25) is 0 Å². The molecule has 0 aromatic heterocycles. The maximum atomic E-state index is 11.5. The highest BCUT2D eigenvalue weighted by Crippen LogP contribution is 2.14. The average molecular weight is 250 g/mol. The molecule has 0 heterocycles. The van der Waals surface area contributed by atoms with Gasteiger partial charge in [-0.2, -0.15) is 0 Å². The normalized spacial score (nSPS) is 13.1. The smallest absolute Gasteiger partial charge is 0.220 e. The van der Waals surface area contributed by atoms with E-state index in [4.69, 9.17) is 5.73 Å². The van der Waals surface area contributed by atoms with Crippen LogP contribution in [0.5, 0.6) is 0 Å². The Morgan fingerprint density at radius 1 is 1.39 bits per heavy atom. The molecule has 0 fully saturated rings. The summed E-state index contributed by atoms with van der Waals surface area (Å²) < 4.78 is 0. The standard InChI is InChI=1S/C14H22N2O2/c1-14(2,18)10-16-13(17)9-8-12(15)11-6-4-3-5-7-11/h3-7,12,18H,8-10,15H2,1-2H3,(H,16,17). The molecule has 4 N–H and O–H groups in total. The topological polar surface area (TPSA) is 75.3 Å². The molecule has 1 amide bonds. The third kappa shape index (κ3) is 5.80. The second-order valence-corrected chi connectivity index (χ2v) is 5.15. The van der Waals surface area contributed by atoms with Gasteiger partial charge in [-0.05, 0) is 25.8 Å². The molecule has 4 heteroatoms. The molecule has 0 saturated carbocycles. The summed E-state index contributed by atoms with van der Waals surface area (Å²) in [4.78, 5) is 11.5. The van der Waals surface area contributed by atoms with E-state index in [1.165, 1.54) is 0 Å². The van der Waals surface area contributed by atoms with Gasteiger partial charge in [-0.15, -0.1) is 0 Å². The fourth-order valence-electron chi connectivity index (χ4n) is 1.56. The number of rotatable bonds is 6. The molecule has 4 nitrogen and oxygen atoms in total. The van der Waals surface area contributed by atoms with Crippen LogP contribution in [0.4, 0.5) is 0 Å². The Kier molecular flexibility index (Phi) is 5.31. The summed E-state index contributed by atoms with van der Waals surface area (Å²) in [5, 5.41) is 12.2. The highest BCUT2D eigenvalue weighted by molar-refractivity contribution is 5.75. The van der Waals surface area contributed by atoms with Gasteiger partial charge in [-0.1, -0.05) is 30.3 Å². The molecular formula is C14H22N2O2. The van der Waals surface area contributed by atoms with E-state index in [0.29, 0.717) is 12.8 Å². The number of carbonyl (C=O) groups excluding carboxylic acids is 1. The lowest BCUT2D eigenvalue weighted by Crippen LogP contribution is -2.38. The lowest BCUT2D eigenvalue weighted by molar-refractivity contribution is -0.122. The number of hydrogen-bond acceptors (Lipinski definition) is 3. The van der Waals surface area contributed by atoms with Crippen molar-refractivity contribution < 1.29 is 9.90 Å². The molecule has 1 rings (SSSR count). The summed E-state index contributed by atoms with van der Waals surface area (Å²) in [6.45, 7) is 3.57. The first-order chi connectivity index (χ1) is 8.38. The van der Waals surface area contributed by atoms with E-state index in [1.807, 2.05) is 30.3 Å². The Balaban J connectivity index is 2.31. The van der Waals surface area contributed by atoms with Crippen LogP contribution in [0.3, 0.4) is 0 Å². The van der Waals surface area contributed by atoms with Gasteiger partial charge < -0.3 is 16.2 Å². The molecule has 100 valence electrons. The van der Waals surface area contributed by atoms with E-state index >= 15 is 0 Å². The van der Waals surface area contributed by atoms with Crippen LogP contribution < -0.4 is 11.1 Å². The first-order valence-electron chi connectivity index (χ1n) is 6.18. The van der Waals surface area contributed by atoms with Crippen molar-refractivity contribution in [2.45, 2.75) is 38.3 Å². The van der Waals surface area contributed by atoms with E-state index < -0.39 is 5.60 Å². The Hall–Kier alpha value is -1.39. The average Bonchev–Trinajstić information content (AvgIpc) is 2.33. The number of aliphatic hydroxyl groups is 1. The molecule has 0 radical (unpaired) electrons. The largest absolute Gasteiger partial charge is 0.389 e. The van der Waals surface area contributed by atoms with Crippen LogP contribution in [0.1, 0.15) is 38.3 Å². The summed E-state index contributed by atoms with van der Waals surface area (Å²) in [5.41, 5.74) is 6.15. The molecule has 0 aliphatic carbocycles. The highest BCUT2D eigenvalue weighted by atomic mass is 16.3. The lowest BCUT2D eigenvalue weighted by Gasteiger charge is -2.18. The second kappa shape index (κ2) is 6.52. The van der Waals surface area contributed by atoms with Crippen molar-refractivity contribution >= 4 is 5.91 Å². The second-order valence-electron chi connectivity index (χ2n) is 5.15. The zero-order valence-electron chi connectivity index (χ0n) is 11.0. The molecule has 0 bridgehead atoms. The van der Waals surface area contributed by atoms with E-state index in [0.717, 1.165) is 5.56 Å². The van der Waals surface area contributed by atoms with Crippen molar-refractivity contribution in [1.82, 2.24) is 5.32 Å². The van der Waals surface area contributed by atoms with Crippen LogP contribution in [-0.4, -0.2) is 23.2 Å². The summed E-state index contributed by atoms with van der Waals surface area (Å²) >= 11 is 0. The van der Waals surface area contributed by atoms with Crippen molar-refractivity contribution in [1.29, 1.82) is 0 Å². The zero-order chi connectivity index (χ0) is 13.6. The molecule has 0 spiro atoms. The van der Waals surface area contributed by atoms with E-state index in [-0.39, 0.29) is 18.5 Å². The molecule has 0 aliphatic heterocycles. The number of benzene rings is 1. The van der Waals surface area contributed by atoms with Crippen molar-refractivity contribution in [2.24, 2.45) is 5.73 Å². The van der Waals surface area contributed by atoms with Gasteiger partial charge in [0.1, 0.15) is 0 Å². The zero-order valence-corrected chi connectivity index (χ0v) is 11.0. The van der Waals surface area contributed by atoms with Gasteiger partial charge in [0.25, 0.3) is 0 Å². The third-order valence-electron chi connectivity index (χ3n) is 2.63. The molecule has 1 atom stereocenters. The fraction of sp³-hybridized carbons (Fsp3) is 0.500. The van der Waals surface area contributed by atoms with Crippen molar-refractivity contribution in [3.05, 3.63) is 35.9 Å². The third-order valence-corrected chi connectivity index (χ3v) is 2.63. The number of nitrogens with one attached hydrogen (secondary N) is 1. The summed E-state index contributed by atoms with van der Waals surface area (Å²) in [6.07, 6.45) is 0.966. The van der Waals surface area contributed by atoms with Crippen molar-refractivity contribution in [3.63, 3.8) is 0 Å². The summed E-state index contributed by atoms with van der Waals surface area (Å²) in [6, 6.07) is 9.59. The number of amides is 1. The molecular weight excluding hydrogens is 228 g/mol. The minimum absolute atomic E-state index is 0.0801. The minimum atomic E-state index is -0.878. The fourth-order valence-corrected chi connectivity index (χ4v) is 1.56. The Morgan fingerprint density at radius 3 is 2.56 bits per heavy atom. The first kappa shape index (κ1) is 14.7. The maximum absolute atomic E-state index is 11.5. The predicted octanol–water partition coefficient (Wildman–Crippen LogP) is 1.35. The van der Waals surface area contributed by atoms with Gasteiger partial charge in [0.2, 0.25) is 5.91 Å². The molecule has 18 heavy (non-hydrogen) atoms. The highest BCUT2D eigenvalue weighted by Gasteiger charge is 2.14. The Morgan fingerprint density at radius 2 is 2.00 bits per heavy atom. The predicted molar refractivity (Wildman–Crippen MR) is 71.9 cm³/mol. The van der Waals surface area contributed by atoms with Gasteiger partial charge in [0, 0.05) is 19.0 Å². The van der Waals surface area contributed by atoms with Gasteiger partial charge in [0.15, 0.2) is 0 Å². The Labute approximate surface area is 108 Å². The van der Waals surface area contributed by atoms with Crippen LogP contribution in [0, 0.1) is 0 Å². The number of carbonyl (C=O) groups is 1. The van der Waals surface area contributed by atoms with Crippen molar-refractivity contribution in [3.8, 4) is 0 Å². The monoisotopic (exact) mass is 250 g/mol. The molecule has 0 aliphatic rings. The van der Waals surface area contributed by atoms with Gasteiger partial charge in [0.05, 0.1) is 5.60 Å². The quantitative estimate of drug-likeness (QED) is 0.713. The van der Waals surface area contributed by atoms with Crippen molar-refractivity contribution in [2.75, 3.05) is 6.54 Å². The summed E-state index contributed by atoms with van der Waals surface area (Å²) in [5.74, 6) is -0.0801. The summed E-state index contributed by atoms with van der Waals surface area (Å²) in [7, 11) is 0. The Bertz CT molecular complexity index is 371. The van der Waals surface area contributed by atoms with Gasteiger partial charge in [-0.3, -0.25) is 4.79 Å². The first-order valence-corrected chi connectivity index (χ1v) is 6.18. The van der Waals surface area contributed by atoms with Gasteiger partial charge >= 0.3 is 0 Å². The molecule has 1 aromatic rings. The van der Waals surface area contributed by atoms with E-state index in [9.17, 15) is 9.90 Å². The van der Waals surface area contributed by atoms with Gasteiger partial charge in [-0.25, -0.2) is 0 Å². The van der Waals surface area contributed by atoms with Crippen LogP contribution in [-0.2, 0) is 4.79 Å². The molecule has 1 aromatic carbocycles. The number of hydrogen-bond donors (Lipinski definition) is 3. The van der Waals surface area contributed by atoms with Crippen LogP contribution in [0.15, 0.2) is 30.3 Å². The SMILES string of the molecule is CC(C)(O)CNC(=O)CCC(N)c1ccccc1. The maximum Gasteiger partial charge on any atom is 0.220 e. The van der Waals surface area contributed by atoms with Crippen LogP contribution >= 0.6 is 0 Å². The molecule has 0 saturated heterocycles. The minimum Gasteiger partial charge on any atom is -0.389 e.